The zero-order valence-corrected chi connectivity index (χ0v) is 19.5. The van der Waals surface area contributed by atoms with Gasteiger partial charge in [0.25, 0.3) is 5.56 Å². The molecule has 1 fully saturated rings. The van der Waals surface area contributed by atoms with Crippen molar-refractivity contribution in [3.8, 4) is 5.75 Å². The standard InChI is InChI=1S/C22H30N6O3S/c1-22(2,3)9-12-28-21(30)17(18(29)20(25-28)27-10-5-6-11-27)19-24-15-8-7-14(23)13-16(15)32(4,31)26-19/h7-8,13,29H,4-6,9-12,23H2,1-3H3,(H,24,26,31). The minimum Gasteiger partial charge on any atom is -0.504 e. The first-order valence-corrected chi connectivity index (χ1v) is 12.4. The van der Waals surface area contributed by atoms with Crippen LogP contribution in [0.5, 0.6) is 5.75 Å². The van der Waals surface area contributed by atoms with Crippen LogP contribution in [0, 0.1) is 5.41 Å². The van der Waals surface area contributed by atoms with Gasteiger partial charge in [0.1, 0.15) is 5.56 Å². The van der Waals surface area contributed by atoms with Crippen LogP contribution in [-0.4, -0.2) is 43.9 Å². The molecule has 4 N–H and O–H groups in total. The number of fused-ring (bicyclic) bond motifs is 1. The summed E-state index contributed by atoms with van der Waals surface area (Å²) in [5.74, 6) is 3.87. The summed E-state index contributed by atoms with van der Waals surface area (Å²) in [6, 6.07) is 4.89. The van der Waals surface area contributed by atoms with E-state index in [4.69, 9.17) is 5.73 Å². The molecule has 0 amide bonds. The molecule has 1 aromatic carbocycles. The topological polar surface area (TPSA) is 126 Å². The predicted octanol–water partition coefficient (Wildman–Crippen LogP) is 2.43. The van der Waals surface area contributed by atoms with E-state index >= 15 is 0 Å². The first-order chi connectivity index (χ1) is 15.0. The highest BCUT2D eigenvalue weighted by Crippen LogP contribution is 2.34. The number of amidine groups is 1. The highest BCUT2D eigenvalue weighted by atomic mass is 32.2. The molecule has 4 rings (SSSR count). The zero-order chi connectivity index (χ0) is 23.3. The number of nitrogens with two attached hydrogens (primary N) is 1. The van der Waals surface area contributed by atoms with E-state index in [-0.39, 0.29) is 22.6 Å². The van der Waals surface area contributed by atoms with Gasteiger partial charge in [0.05, 0.1) is 20.3 Å². The van der Waals surface area contributed by atoms with E-state index in [1.165, 1.54) is 4.68 Å². The molecule has 3 heterocycles. The summed E-state index contributed by atoms with van der Waals surface area (Å²) in [6.07, 6.45) is 2.69. The third-order valence-corrected chi connectivity index (χ3v) is 7.17. The highest BCUT2D eigenvalue weighted by molar-refractivity contribution is 7.99. The number of hydrogen-bond acceptors (Lipinski definition) is 7. The molecule has 0 bridgehead atoms. The molecular formula is C22H30N6O3S. The van der Waals surface area contributed by atoms with Crippen molar-refractivity contribution in [2.24, 2.45) is 9.81 Å². The summed E-state index contributed by atoms with van der Waals surface area (Å²) < 4.78 is 18.9. The number of nitrogens with one attached hydrogen (secondary N) is 1. The second kappa shape index (κ2) is 7.84. The summed E-state index contributed by atoms with van der Waals surface area (Å²) in [7, 11) is -3.12. The Hall–Kier alpha value is -3.01. The number of nitrogens with zero attached hydrogens (tertiary/aromatic N) is 4. The van der Waals surface area contributed by atoms with E-state index in [1.807, 2.05) is 4.90 Å². The van der Waals surface area contributed by atoms with Crippen LogP contribution in [0.1, 0.15) is 45.6 Å². The Balaban J connectivity index is 1.88. The summed E-state index contributed by atoms with van der Waals surface area (Å²) in [5.41, 5.74) is 6.22. The van der Waals surface area contributed by atoms with Crippen molar-refractivity contribution in [1.82, 2.24) is 9.78 Å². The fourth-order valence-electron chi connectivity index (χ4n) is 3.86. The Morgan fingerprint density at radius 1 is 1.28 bits per heavy atom. The van der Waals surface area contributed by atoms with Gasteiger partial charge in [0.2, 0.25) is 0 Å². The van der Waals surface area contributed by atoms with Crippen LogP contribution in [0.4, 0.5) is 17.2 Å². The number of hydrogen-bond donors (Lipinski definition) is 3. The van der Waals surface area contributed by atoms with Gasteiger partial charge >= 0.3 is 0 Å². The van der Waals surface area contributed by atoms with Crippen molar-refractivity contribution >= 4 is 38.6 Å². The molecule has 9 nitrogen and oxygen atoms in total. The van der Waals surface area contributed by atoms with Gasteiger partial charge in [-0.2, -0.15) is 4.40 Å². The maximum atomic E-state index is 13.4. The van der Waals surface area contributed by atoms with E-state index in [0.29, 0.717) is 28.6 Å². The molecule has 1 aromatic heterocycles. The SMILES string of the molecule is C=S1(=O)N=C(c2c(O)c(N3CCCC3)nn(CCC(C)(C)C)c2=O)Nc2ccc(N)cc21. The first kappa shape index (κ1) is 22.2. The number of aryl methyl sites for hydroxylation is 1. The fraction of sp³-hybridized carbons (Fsp3) is 0.455. The Labute approximate surface area is 188 Å². The van der Waals surface area contributed by atoms with Crippen LogP contribution in [0.2, 0.25) is 0 Å². The Morgan fingerprint density at radius 2 is 1.97 bits per heavy atom. The predicted molar refractivity (Wildman–Crippen MR) is 130 cm³/mol. The number of nitrogen functional groups attached to an aromatic ring is 1. The van der Waals surface area contributed by atoms with Crippen molar-refractivity contribution in [3.63, 3.8) is 0 Å². The molecule has 0 aliphatic carbocycles. The lowest BCUT2D eigenvalue weighted by atomic mass is 9.92. The maximum absolute atomic E-state index is 13.4. The van der Waals surface area contributed by atoms with E-state index in [2.05, 4.69) is 41.5 Å². The largest absolute Gasteiger partial charge is 0.504 e. The van der Waals surface area contributed by atoms with Gasteiger partial charge in [-0.25, -0.2) is 8.89 Å². The minimum atomic E-state index is -3.12. The van der Waals surface area contributed by atoms with Crippen LogP contribution in [-0.2, 0) is 16.3 Å². The van der Waals surface area contributed by atoms with Crippen LogP contribution in [0.3, 0.4) is 0 Å². The Kier molecular flexibility index (Phi) is 5.44. The average Bonchev–Trinajstić information content (AvgIpc) is 3.21. The van der Waals surface area contributed by atoms with Gasteiger partial charge in [-0.1, -0.05) is 20.8 Å². The molecule has 1 saturated heterocycles. The Bertz CT molecular complexity index is 1250. The Morgan fingerprint density at radius 3 is 2.62 bits per heavy atom. The van der Waals surface area contributed by atoms with Crippen molar-refractivity contribution in [2.45, 2.75) is 51.5 Å². The molecule has 2 aromatic rings. The summed E-state index contributed by atoms with van der Waals surface area (Å²) in [6.45, 7) is 8.14. The lowest BCUT2D eigenvalue weighted by molar-refractivity contribution is 0.334. The average molecular weight is 459 g/mol. The van der Waals surface area contributed by atoms with Gasteiger partial charge in [-0.3, -0.25) is 4.79 Å². The van der Waals surface area contributed by atoms with Crippen LogP contribution < -0.4 is 21.5 Å². The third-order valence-electron chi connectivity index (χ3n) is 5.67. The minimum absolute atomic E-state index is 0.00584. The number of anilines is 3. The molecular weight excluding hydrogens is 428 g/mol. The van der Waals surface area contributed by atoms with Crippen molar-refractivity contribution in [3.05, 3.63) is 34.1 Å². The fourth-order valence-corrected chi connectivity index (χ4v) is 5.17. The summed E-state index contributed by atoms with van der Waals surface area (Å²) in [4.78, 5) is 15.7. The zero-order valence-electron chi connectivity index (χ0n) is 18.7. The third kappa shape index (κ3) is 4.19. The van der Waals surface area contributed by atoms with E-state index in [0.717, 1.165) is 32.4 Å². The monoisotopic (exact) mass is 458 g/mol. The van der Waals surface area contributed by atoms with Crippen LogP contribution >= 0.6 is 0 Å². The lowest BCUT2D eigenvalue weighted by Gasteiger charge is -2.25. The van der Waals surface area contributed by atoms with Gasteiger partial charge in [-0.05, 0) is 48.7 Å². The summed E-state index contributed by atoms with van der Waals surface area (Å²) >= 11 is 0. The smallest absolute Gasteiger partial charge is 0.281 e. The number of aromatic nitrogens is 2. The molecule has 1 unspecified atom stereocenters. The second-order valence-corrected chi connectivity index (χ2v) is 11.4. The molecule has 10 heteroatoms. The van der Waals surface area contributed by atoms with Crippen molar-refractivity contribution < 1.29 is 9.32 Å². The van der Waals surface area contributed by atoms with Gasteiger partial charge in [0.15, 0.2) is 17.4 Å². The molecule has 172 valence electrons. The molecule has 0 radical (unpaired) electrons. The van der Waals surface area contributed by atoms with Crippen LogP contribution in [0.15, 0.2) is 32.3 Å². The number of benzene rings is 1. The molecule has 0 saturated carbocycles. The normalized spacial score (nSPS) is 20.6. The molecule has 0 spiro atoms. The first-order valence-electron chi connectivity index (χ1n) is 10.7. The van der Waals surface area contributed by atoms with E-state index < -0.39 is 15.3 Å². The maximum Gasteiger partial charge on any atom is 0.281 e. The molecule has 2 aliphatic rings. The number of aromatic hydroxyl groups is 1. The van der Waals surface area contributed by atoms with Gasteiger partial charge < -0.3 is 21.1 Å². The summed E-state index contributed by atoms with van der Waals surface area (Å²) in [5, 5.41) is 18.7. The van der Waals surface area contributed by atoms with E-state index in [9.17, 15) is 14.1 Å². The second-order valence-electron chi connectivity index (χ2n) is 9.54. The van der Waals surface area contributed by atoms with Crippen molar-refractivity contribution in [1.29, 1.82) is 0 Å². The molecule has 2 aliphatic heterocycles. The lowest BCUT2D eigenvalue weighted by Crippen LogP contribution is -2.36. The quantitative estimate of drug-likeness (QED) is 0.474. The van der Waals surface area contributed by atoms with Crippen molar-refractivity contribution in [2.75, 3.05) is 29.0 Å². The van der Waals surface area contributed by atoms with Gasteiger partial charge in [-0.15, -0.1) is 5.10 Å². The number of rotatable bonds is 4. The van der Waals surface area contributed by atoms with E-state index in [1.54, 1.807) is 18.2 Å². The molecule has 32 heavy (non-hydrogen) atoms. The highest BCUT2D eigenvalue weighted by Gasteiger charge is 2.30. The van der Waals surface area contributed by atoms with Gasteiger partial charge in [0, 0.05) is 25.3 Å². The molecule has 1 atom stereocenters. The van der Waals surface area contributed by atoms with Crippen LogP contribution in [0.25, 0.3) is 0 Å².